The van der Waals surface area contributed by atoms with Crippen molar-refractivity contribution in [1.82, 2.24) is 9.88 Å². The van der Waals surface area contributed by atoms with Gasteiger partial charge in [-0.05, 0) is 68.5 Å². The minimum atomic E-state index is -1.28. The second kappa shape index (κ2) is 11.5. The first-order chi connectivity index (χ1) is 17.7. The van der Waals surface area contributed by atoms with Crippen LogP contribution < -0.4 is 4.74 Å². The zero-order valence-corrected chi connectivity index (χ0v) is 20.4. The van der Waals surface area contributed by atoms with E-state index < -0.39 is 34.8 Å². The first-order valence-electron chi connectivity index (χ1n) is 12.0. The van der Waals surface area contributed by atoms with Gasteiger partial charge in [-0.25, -0.2) is 17.6 Å². The van der Waals surface area contributed by atoms with Crippen LogP contribution in [0, 0.1) is 40.5 Å². The second-order valence-corrected chi connectivity index (χ2v) is 9.44. The van der Waals surface area contributed by atoms with Crippen LogP contribution in [0.1, 0.15) is 42.9 Å². The molecule has 0 radical (unpaired) electrons. The fourth-order valence-electron chi connectivity index (χ4n) is 4.79. The molecule has 1 aliphatic rings. The van der Waals surface area contributed by atoms with Crippen LogP contribution in [0.15, 0.2) is 36.5 Å². The minimum Gasteiger partial charge on any atom is -0.497 e. The topological polar surface area (TPSA) is 65.8 Å². The lowest BCUT2D eigenvalue weighted by molar-refractivity contribution is 0.0270. The van der Waals surface area contributed by atoms with Gasteiger partial charge < -0.3 is 14.9 Å². The Balaban J connectivity index is 1.38. The number of likely N-dealkylation sites (tertiary alicyclic amines) is 1. The molecular formula is C28H28F4N2O3. The van der Waals surface area contributed by atoms with Gasteiger partial charge in [-0.3, -0.25) is 9.88 Å². The largest absolute Gasteiger partial charge is 0.497 e. The summed E-state index contributed by atoms with van der Waals surface area (Å²) in [6, 6.07) is 6.40. The van der Waals surface area contributed by atoms with E-state index in [1.54, 1.807) is 18.2 Å². The van der Waals surface area contributed by atoms with Crippen molar-refractivity contribution in [2.45, 2.75) is 31.8 Å². The van der Waals surface area contributed by atoms with E-state index in [9.17, 15) is 27.8 Å². The van der Waals surface area contributed by atoms with Crippen LogP contribution in [0.5, 0.6) is 5.75 Å². The molecule has 0 saturated carbocycles. The van der Waals surface area contributed by atoms with E-state index in [1.165, 1.54) is 7.11 Å². The molecule has 2 N–H and O–H groups in total. The zero-order chi connectivity index (χ0) is 26.6. The minimum absolute atomic E-state index is 0.0829. The van der Waals surface area contributed by atoms with Crippen molar-refractivity contribution in [3.63, 3.8) is 0 Å². The molecule has 4 rings (SSSR count). The van der Waals surface area contributed by atoms with E-state index in [1.807, 2.05) is 4.90 Å². The number of rotatable bonds is 7. The van der Waals surface area contributed by atoms with Crippen LogP contribution >= 0.6 is 0 Å². The first kappa shape index (κ1) is 26.9. The van der Waals surface area contributed by atoms with Crippen LogP contribution in [0.2, 0.25) is 0 Å². The fraction of sp³-hybridized carbons (Fsp3) is 0.393. The van der Waals surface area contributed by atoms with E-state index in [-0.39, 0.29) is 30.7 Å². The number of halogens is 4. The SMILES string of the molecule is COc1ccc2ncc(F)c([C@H](O)CCC3(CO)CCN(CC#Cc4cc(F)cc(F)c4F)CC3)c2c1. The number of nitrogens with zero attached hydrogens (tertiary/aromatic N) is 2. The zero-order valence-electron chi connectivity index (χ0n) is 20.4. The maximum atomic E-state index is 14.7. The van der Waals surface area contributed by atoms with Crippen molar-refractivity contribution in [3.8, 4) is 17.6 Å². The summed E-state index contributed by atoms with van der Waals surface area (Å²) in [4.78, 5) is 6.10. The molecule has 2 aromatic carbocycles. The van der Waals surface area contributed by atoms with Crippen molar-refractivity contribution in [2.75, 3.05) is 33.4 Å². The molecule has 1 atom stereocenters. The molecule has 37 heavy (non-hydrogen) atoms. The lowest BCUT2D eigenvalue weighted by Crippen LogP contribution is -2.42. The summed E-state index contributed by atoms with van der Waals surface area (Å²) in [5.41, 5.74) is -0.0736. The van der Waals surface area contributed by atoms with E-state index >= 15 is 0 Å². The first-order valence-corrected chi connectivity index (χ1v) is 12.0. The van der Waals surface area contributed by atoms with Gasteiger partial charge >= 0.3 is 0 Å². The molecule has 1 aromatic heterocycles. The highest BCUT2D eigenvalue weighted by atomic mass is 19.2. The standard InChI is InChI=1S/C28H28F4N2O3/c1-37-20-4-5-24-21(15-20)26(23(31)16-33-24)25(36)6-7-28(17-35)8-11-34(12-9-28)10-2-3-18-13-19(29)14-22(30)27(18)32/h4-5,13-16,25,35-36H,6-12,17H2,1H3/t25-/m1/s1. The number of aliphatic hydroxyl groups excluding tert-OH is 2. The van der Waals surface area contributed by atoms with Crippen molar-refractivity contribution in [3.05, 3.63) is 70.9 Å². The van der Waals surface area contributed by atoms with Crippen LogP contribution in [-0.2, 0) is 0 Å². The average Bonchev–Trinajstić information content (AvgIpc) is 2.90. The number of aliphatic hydroxyl groups is 2. The third kappa shape index (κ3) is 6.04. The van der Waals surface area contributed by atoms with Gasteiger partial charge in [-0.2, -0.15) is 0 Å². The Morgan fingerprint density at radius 1 is 1.11 bits per heavy atom. The predicted octanol–water partition coefficient (Wildman–Crippen LogP) is 4.74. The number of hydrogen-bond donors (Lipinski definition) is 2. The molecule has 3 aromatic rings. The van der Waals surface area contributed by atoms with Crippen LogP contribution in [0.3, 0.4) is 0 Å². The normalized spacial score (nSPS) is 16.3. The van der Waals surface area contributed by atoms with Gasteiger partial charge in [0.25, 0.3) is 0 Å². The van der Waals surface area contributed by atoms with Crippen molar-refractivity contribution in [2.24, 2.45) is 5.41 Å². The Morgan fingerprint density at radius 3 is 2.57 bits per heavy atom. The number of benzene rings is 2. The highest BCUT2D eigenvalue weighted by molar-refractivity contribution is 5.84. The lowest BCUT2D eigenvalue weighted by atomic mass is 9.74. The summed E-state index contributed by atoms with van der Waals surface area (Å²) in [6.45, 7) is 1.38. The Labute approximate surface area is 212 Å². The molecular weight excluding hydrogens is 488 g/mol. The molecule has 196 valence electrons. The molecule has 0 spiro atoms. The highest BCUT2D eigenvalue weighted by Gasteiger charge is 2.34. The van der Waals surface area contributed by atoms with Crippen LogP contribution in [0.4, 0.5) is 17.6 Å². The Hall–Kier alpha value is -3.19. The number of aromatic nitrogens is 1. The molecule has 9 heteroatoms. The number of hydrogen-bond acceptors (Lipinski definition) is 5. The maximum absolute atomic E-state index is 14.7. The highest BCUT2D eigenvalue weighted by Crippen LogP contribution is 2.39. The summed E-state index contributed by atoms with van der Waals surface area (Å²) in [6.07, 6.45) is 1.97. The summed E-state index contributed by atoms with van der Waals surface area (Å²) in [5, 5.41) is 21.6. The Morgan fingerprint density at radius 2 is 1.86 bits per heavy atom. The van der Waals surface area contributed by atoms with Gasteiger partial charge in [0.2, 0.25) is 0 Å². The summed E-state index contributed by atoms with van der Waals surface area (Å²) >= 11 is 0. The summed E-state index contributed by atoms with van der Waals surface area (Å²) < 4.78 is 60.4. The number of methoxy groups -OCH3 is 1. The van der Waals surface area contributed by atoms with E-state index in [2.05, 4.69) is 16.8 Å². The molecule has 1 aliphatic heterocycles. The van der Waals surface area contributed by atoms with Gasteiger partial charge in [0.15, 0.2) is 11.6 Å². The van der Waals surface area contributed by atoms with Crippen molar-refractivity contribution < 1.29 is 32.5 Å². The van der Waals surface area contributed by atoms with Gasteiger partial charge in [-0.15, -0.1) is 0 Å². The van der Waals surface area contributed by atoms with Gasteiger partial charge in [-0.1, -0.05) is 11.8 Å². The molecule has 1 fully saturated rings. The quantitative estimate of drug-likeness (QED) is 0.270. The predicted molar refractivity (Wildman–Crippen MR) is 131 cm³/mol. The maximum Gasteiger partial charge on any atom is 0.174 e. The molecule has 2 heterocycles. The number of piperidine rings is 1. The third-order valence-corrected chi connectivity index (χ3v) is 7.12. The number of pyridine rings is 1. The monoisotopic (exact) mass is 516 g/mol. The van der Waals surface area contributed by atoms with E-state index in [0.717, 1.165) is 12.3 Å². The second-order valence-electron chi connectivity index (χ2n) is 9.44. The fourth-order valence-corrected chi connectivity index (χ4v) is 4.79. The van der Waals surface area contributed by atoms with Crippen LogP contribution in [0.25, 0.3) is 10.9 Å². The van der Waals surface area contributed by atoms with Crippen LogP contribution in [-0.4, -0.2) is 53.4 Å². The van der Waals surface area contributed by atoms with Gasteiger partial charge in [0.05, 0.1) is 37.0 Å². The Bertz CT molecular complexity index is 1330. The molecule has 0 bridgehead atoms. The molecule has 5 nitrogen and oxygen atoms in total. The van der Waals surface area contributed by atoms with E-state index in [0.29, 0.717) is 55.1 Å². The van der Waals surface area contributed by atoms with E-state index in [4.69, 9.17) is 4.74 Å². The molecule has 1 saturated heterocycles. The smallest absolute Gasteiger partial charge is 0.174 e. The van der Waals surface area contributed by atoms with Gasteiger partial charge in [0, 0.05) is 23.6 Å². The molecule has 0 unspecified atom stereocenters. The molecule has 0 amide bonds. The number of ether oxygens (including phenoxy) is 1. The van der Waals surface area contributed by atoms with Crippen molar-refractivity contribution in [1.29, 1.82) is 0 Å². The summed E-state index contributed by atoms with van der Waals surface area (Å²) in [7, 11) is 1.51. The van der Waals surface area contributed by atoms with Gasteiger partial charge in [0.1, 0.15) is 17.4 Å². The lowest BCUT2D eigenvalue weighted by Gasteiger charge is -2.40. The third-order valence-electron chi connectivity index (χ3n) is 7.12. The number of fused-ring (bicyclic) bond motifs is 1. The summed E-state index contributed by atoms with van der Waals surface area (Å²) in [5.74, 6) is 1.82. The van der Waals surface area contributed by atoms with Crippen molar-refractivity contribution >= 4 is 10.9 Å². The molecule has 0 aliphatic carbocycles. The average molecular weight is 517 g/mol. The Kier molecular flexibility index (Phi) is 8.32.